The highest BCUT2D eigenvalue weighted by Crippen LogP contribution is 2.34. The van der Waals surface area contributed by atoms with Crippen LogP contribution in [0.4, 0.5) is 0 Å². The van der Waals surface area contributed by atoms with Gasteiger partial charge in [-0.15, -0.1) is 11.3 Å². The third kappa shape index (κ3) is 3.79. The topological polar surface area (TPSA) is 112 Å². The molecule has 2 N–H and O–H groups in total. The van der Waals surface area contributed by atoms with Crippen LogP contribution in [0.5, 0.6) is 0 Å². The lowest BCUT2D eigenvalue weighted by atomic mass is 9.98. The molecule has 1 aliphatic carbocycles. The molecule has 1 aromatic carbocycles. The highest BCUT2D eigenvalue weighted by molar-refractivity contribution is 7.88. The number of carbonyl (C=O) groups is 1. The SMILES string of the molecule is CS(=O)(=O)N1CCc2ccc(CNC(=O)c3nc4sc5c(c4c(=O)[nH]3)CCC5)cc2C1. The molecule has 0 spiro atoms. The molecule has 0 bridgehead atoms. The Hall–Kier alpha value is -2.56. The molecule has 3 heterocycles. The average Bonchev–Trinajstić information content (AvgIpc) is 3.31. The number of benzene rings is 1. The Morgan fingerprint density at radius 3 is 2.90 bits per heavy atom. The van der Waals surface area contributed by atoms with Crippen molar-refractivity contribution in [2.75, 3.05) is 12.8 Å². The number of carbonyl (C=O) groups excluding carboxylic acids is 1. The number of nitrogens with one attached hydrogen (secondary N) is 2. The number of hydrogen-bond donors (Lipinski definition) is 2. The number of nitrogens with zero attached hydrogens (tertiary/aromatic N) is 2. The molecule has 2 aromatic heterocycles. The molecular weight excluding hydrogens is 436 g/mol. The Morgan fingerprint density at radius 2 is 2.10 bits per heavy atom. The third-order valence-electron chi connectivity index (χ3n) is 5.96. The van der Waals surface area contributed by atoms with Crippen LogP contribution in [0.3, 0.4) is 0 Å². The molecule has 0 saturated heterocycles. The largest absolute Gasteiger partial charge is 0.345 e. The van der Waals surface area contributed by atoms with E-state index in [2.05, 4.69) is 15.3 Å². The number of amides is 1. The van der Waals surface area contributed by atoms with Crippen LogP contribution in [0.2, 0.25) is 0 Å². The van der Waals surface area contributed by atoms with Gasteiger partial charge in [-0.2, -0.15) is 4.31 Å². The second kappa shape index (κ2) is 7.54. The molecule has 10 heteroatoms. The van der Waals surface area contributed by atoms with Crippen molar-refractivity contribution in [3.8, 4) is 0 Å². The fourth-order valence-corrected chi connectivity index (χ4v) is 6.41. The summed E-state index contributed by atoms with van der Waals surface area (Å²) >= 11 is 1.50. The van der Waals surface area contributed by atoms with Gasteiger partial charge in [-0.05, 0) is 47.9 Å². The number of H-pyrrole nitrogens is 1. The molecule has 1 amide bonds. The lowest BCUT2D eigenvalue weighted by molar-refractivity contribution is 0.0940. The minimum absolute atomic E-state index is 0.0126. The van der Waals surface area contributed by atoms with Gasteiger partial charge in [0.25, 0.3) is 11.5 Å². The van der Waals surface area contributed by atoms with Crippen molar-refractivity contribution in [2.24, 2.45) is 0 Å². The summed E-state index contributed by atoms with van der Waals surface area (Å²) in [6.45, 7) is 1.08. The lowest BCUT2D eigenvalue weighted by Crippen LogP contribution is -2.35. The Kier molecular flexibility index (Phi) is 4.95. The second-order valence-corrected chi connectivity index (χ2v) is 11.2. The summed E-state index contributed by atoms with van der Waals surface area (Å²) in [5, 5.41) is 3.43. The van der Waals surface area contributed by atoms with Gasteiger partial charge in [0.05, 0.1) is 11.6 Å². The Balaban J connectivity index is 1.33. The highest BCUT2D eigenvalue weighted by Gasteiger charge is 2.24. The number of sulfonamides is 1. The Bertz CT molecular complexity index is 1370. The van der Waals surface area contributed by atoms with Crippen LogP contribution in [0.25, 0.3) is 10.2 Å². The number of aromatic nitrogens is 2. The van der Waals surface area contributed by atoms with E-state index in [1.165, 1.54) is 26.8 Å². The summed E-state index contributed by atoms with van der Waals surface area (Å²) in [4.78, 5) is 34.0. The van der Waals surface area contributed by atoms with Crippen molar-refractivity contribution in [1.82, 2.24) is 19.6 Å². The molecule has 0 unspecified atom stereocenters. The molecule has 5 rings (SSSR count). The van der Waals surface area contributed by atoms with Gasteiger partial charge in [-0.3, -0.25) is 9.59 Å². The van der Waals surface area contributed by atoms with Crippen molar-refractivity contribution in [3.05, 3.63) is 61.5 Å². The first kappa shape index (κ1) is 20.3. The normalized spacial score (nSPS) is 16.3. The minimum Gasteiger partial charge on any atom is -0.345 e. The number of fused-ring (bicyclic) bond motifs is 4. The maximum Gasteiger partial charge on any atom is 0.287 e. The fourth-order valence-electron chi connectivity index (χ4n) is 4.35. The summed E-state index contributed by atoms with van der Waals surface area (Å²) in [6.07, 6.45) is 4.80. The van der Waals surface area contributed by atoms with Gasteiger partial charge in [-0.25, -0.2) is 13.4 Å². The highest BCUT2D eigenvalue weighted by atomic mass is 32.2. The molecule has 8 nitrogen and oxygen atoms in total. The van der Waals surface area contributed by atoms with Crippen LogP contribution < -0.4 is 10.9 Å². The number of aryl methyl sites for hydroxylation is 2. The molecule has 0 fully saturated rings. The molecule has 31 heavy (non-hydrogen) atoms. The summed E-state index contributed by atoms with van der Waals surface area (Å²) in [6, 6.07) is 5.84. The maximum atomic E-state index is 12.6. The van der Waals surface area contributed by atoms with Crippen molar-refractivity contribution >= 4 is 37.5 Å². The van der Waals surface area contributed by atoms with Crippen LogP contribution in [0, 0.1) is 0 Å². The summed E-state index contributed by atoms with van der Waals surface area (Å²) in [7, 11) is -3.24. The van der Waals surface area contributed by atoms with Crippen LogP contribution in [0.1, 0.15) is 44.2 Å². The average molecular weight is 459 g/mol. The molecule has 162 valence electrons. The van der Waals surface area contributed by atoms with E-state index in [4.69, 9.17) is 0 Å². The predicted molar refractivity (Wildman–Crippen MR) is 119 cm³/mol. The fraction of sp³-hybridized carbons (Fsp3) is 0.381. The number of aromatic amines is 1. The van der Waals surface area contributed by atoms with E-state index in [1.54, 1.807) is 0 Å². The zero-order valence-corrected chi connectivity index (χ0v) is 18.7. The van der Waals surface area contributed by atoms with Crippen LogP contribution in [-0.2, 0) is 42.4 Å². The van der Waals surface area contributed by atoms with E-state index < -0.39 is 15.9 Å². The van der Waals surface area contributed by atoms with Gasteiger partial charge >= 0.3 is 0 Å². The molecule has 2 aliphatic rings. The van der Waals surface area contributed by atoms with Crippen molar-refractivity contribution in [3.63, 3.8) is 0 Å². The van der Waals surface area contributed by atoms with E-state index in [0.717, 1.165) is 41.5 Å². The van der Waals surface area contributed by atoms with Crippen LogP contribution in [0.15, 0.2) is 23.0 Å². The van der Waals surface area contributed by atoms with E-state index in [0.29, 0.717) is 29.7 Å². The van der Waals surface area contributed by atoms with E-state index in [1.807, 2.05) is 18.2 Å². The van der Waals surface area contributed by atoms with Gasteiger partial charge in [0.2, 0.25) is 15.8 Å². The van der Waals surface area contributed by atoms with Crippen LogP contribution in [-0.4, -0.2) is 41.4 Å². The number of rotatable bonds is 4. The van der Waals surface area contributed by atoms with Crippen LogP contribution >= 0.6 is 11.3 Å². The molecule has 3 aromatic rings. The minimum atomic E-state index is -3.24. The molecule has 1 aliphatic heterocycles. The Morgan fingerprint density at radius 1 is 1.26 bits per heavy atom. The first-order valence-corrected chi connectivity index (χ1v) is 12.8. The van der Waals surface area contributed by atoms with E-state index >= 15 is 0 Å². The lowest BCUT2D eigenvalue weighted by Gasteiger charge is -2.27. The number of hydrogen-bond acceptors (Lipinski definition) is 6. The molecule has 0 atom stereocenters. The summed E-state index contributed by atoms with van der Waals surface area (Å²) in [5.74, 6) is -0.429. The van der Waals surface area contributed by atoms with Gasteiger partial charge in [0.15, 0.2) is 0 Å². The third-order valence-corrected chi connectivity index (χ3v) is 8.40. The first-order chi connectivity index (χ1) is 14.8. The smallest absolute Gasteiger partial charge is 0.287 e. The zero-order valence-electron chi connectivity index (χ0n) is 17.0. The second-order valence-electron chi connectivity index (χ2n) is 8.08. The summed E-state index contributed by atoms with van der Waals surface area (Å²) < 4.78 is 25.2. The molecular formula is C21H22N4O4S2. The van der Waals surface area contributed by atoms with Gasteiger partial charge in [0, 0.05) is 24.5 Å². The van der Waals surface area contributed by atoms with Crippen molar-refractivity contribution in [1.29, 1.82) is 0 Å². The predicted octanol–water partition coefficient (Wildman–Crippen LogP) is 1.72. The van der Waals surface area contributed by atoms with Gasteiger partial charge in [0.1, 0.15) is 4.83 Å². The monoisotopic (exact) mass is 458 g/mol. The zero-order chi connectivity index (χ0) is 21.8. The standard InChI is InChI=1S/C21H22N4O4S2/c1-31(28,29)25-8-7-13-6-5-12(9-14(13)11-25)10-22-20(27)18-23-19(26)17-15-3-2-4-16(15)30-21(17)24-18/h5-6,9H,2-4,7-8,10-11H2,1H3,(H,22,27)(H,23,24,26). The maximum absolute atomic E-state index is 12.6. The first-order valence-electron chi connectivity index (χ1n) is 10.2. The molecule has 0 saturated carbocycles. The van der Waals surface area contributed by atoms with Crippen molar-refractivity contribution in [2.45, 2.75) is 38.8 Å². The van der Waals surface area contributed by atoms with Gasteiger partial charge in [-0.1, -0.05) is 18.2 Å². The quantitative estimate of drug-likeness (QED) is 0.618. The Labute approximate surface area is 183 Å². The molecule has 0 radical (unpaired) electrons. The number of thiophene rings is 1. The summed E-state index contributed by atoms with van der Waals surface area (Å²) in [5.41, 5.74) is 3.75. The van der Waals surface area contributed by atoms with E-state index in [9.17, 15) is 18.0 Å². The van der Waals surface area contributed by atoms with Crippen molar-refractivity contribution < 1.29 is 13.2 Å². The van der Waals surface area contributed by atoms with Gasteiger partial charge < -0.3 is 10.3 Å². The van der Waals surface area contributed by atoms with E-state index in [-0.39, 0.29) is 17.9 Å².